The third-order valence-corrected chi connectivity index (χ3v) is 3.79. The molecule has 0 aliphatic carbocycles. The number of rotatable bonds is 4. The molecule has 20 heavy (non-hydrogen) atoms. The molecule has 0 fully saturated rings. The van der Waals surface area contributed by atoms with Crippen molar-refractivity contribution in [1.29, 1.82) is 0 Å². The molecule has 2 aromatic rings. The van der Waals surface area contributed by atoms with Crippen LogP contribution in [-0.2, 0) is 6.42 Å². The smallest absolute Gasteiger partial charge is 0.143 e. The molecule has 1 heterocycles. The number of fused-ring (bicyclic) bond motifs is 1. The minimum Gasteiger partial charge on any atom is -0.490 e. The van der Waals surface area contributed by atoms with Crippen molar-refractivity contribution in [3.63, 3.8) is 0 Å². The van der Waals surface area contributed by atoms with Gasteiger partial charge in [-0.1, -0.05) is 43.7 Å². The predicted octanol–water partition coefficient (Wildman–Crippen LogP) is 4.56. The molecule has 0 unspecified atom stereocenters. The van der Waals surface area contributed by atoms with E-state index in [1.165, 1.54) is 29.8 Å². The van der Waals surface area contributed by atoms with Crippen molar-refractivity contribution in [2.24, 2.45) is 0 Å². The van der Waals surface area contributed by atoms with Gasteiger partial charge in [0.1, 0.15) is 12.4 Å². The molecule has 2 heteroatoms. The molecule has 0 aromatic heterocycles. The molecule has 0 bridgehead atoms. The van der Waals surface area contributed by atoms with Gasteiger partial charge in [-0.25, -0.2) is 0 Å². The quantitative estimate of drug-likeness (QED) is 0.805. The number of benzene rings is 2. The van der Waals surface area contributed by atoms with Crippen molar-refractivity contribution in [3.8, 4) is 5.75 Å². The predicted molar refractivity (Wildman–Crippen MR) is 84.0 cm³/mol. The standard InChI is InChI=1S/C18H21NO/c1-2-3-8-15-9-7-12-17-18(15)19(13-14-20-17)16-10-5-4-6-11-16/h4-7,9-12H,2-3,8,13-14H2,1H3. The fourth-order valence-corrected chi connectivity index (χ4v) is 2.78. The van der Waals surface area contributed by atoms with Gasteiger partial charge in [-0.15, -0.1) is 0 Å². The summed E-state index contributed by atoms with van der Waals surface area (Å²) in [5, 5.41) is 0. The molecule has 104 valence electrons. The lowest BCUT2D eigenvalue weighted by Gasteiger charge is -2.33. The van der Waals surface area contributed by atoms with E-state index in [0.717, 1.165) is 25.3 Å². The molecule has 0 amide bonds. The van der Waals surface area contributed by atoms with E-state index in [0.29, 0.717) is 0 Å². The summed E-state index contributed by atoms with van der Waals surface area (Å²) >= 11 is 0. The molecule has 1 aliphatic rings. The van der Waals surface area contributed by atoms with Crippen molar-refractivity contribution in [3.05, 3.63) is 54.1 Å². The Morgan fingerprint density at radius 1 is 1.05 bits per heavy atom. The van der Waals surface area contributed by atoms with Gasteiger partial charge < -0.3 is 9.64 Å². The first kappa shape index (κ1) is 13.0. The van der Waals surface area contributed by atoms with Crippen molar-refractivity contribution < 1.29 is 4.74 Å². The molecule has 0 atom stereocenters. The maximum absolute atomic E-state index is 5.85. The van der Waals surface area contributed by atoms with Crippen molar-refractivity contribution in [2.45, 2.75) is 26.2 Å². The number of unbranched alkanes of at least 4 members (excludes halogenated alkanes) is 1. The van der Waals surface area contributed by atoms with Crippen LogP contribution in [0.3, 0.4) is 0 Å². The molecular formula is C18H21NO. The monoisotopic (exact) mass is 267 g/mol. The van der Waals surface area contributed by atoms with Gasteiger partial charge >= 0.3 is 0 Å². The largest absolute Gasteiger partial charge is 0.490 e. The van der Waals surface area contributed by atoms with Gasteiger partial charge in [-0.3, -0.25) is 0 Å². The van der Waals surface area contributed by atoms with Gasteiger partial charge in [-0.2, -0.15) is 0 Å². The normalized spacial score (nSPS) is 13.8. The lowest BCUT2D eigenvalue weighted by Crippen LogP contribution is -2.29. The van der Waals surface area contributed by atoms with Gasteiger partial charge in [0.15, 0.2) is 0 Å². The van der Waals surface area contributed by atoms with E-state index in [4.69, 9.17) is 4.74 Å². The molecule has 2 aromatic carbocycles. The van der Waals surface area contributed by atoms with Crippen LogP contribution in [0.4, 0.5) is 11.4 Å². The SMILES string of the molecule is CCCCc1cccc2c1N(c1ccccc1)CCO2. The lowest BCUT2D eigenvalue weighted by molar-refractivity contribution is 0.313. The van der Waals surface area contributed by atoms with Crippen LogP contribution in [0.15, 0.2) is 48.5 Å². The van der Waals surface area contributed by atoms with Crippen molar-refractivity contribution in [1.82, 2.24) is 0 Å². The van der Waals surface area contributed by atoms with Crippen LogP contribution in [0.2, 0.25) is 0 Å². The maximum Gasteiger partial charge on any atom is 0.143 e. The molecule has 0 N–H and O–H groups in total. The minimum absolute atomic E-state index is 0.749. The topological polar surface area (TPSA) is 12.5 Å². The Morgan fingerprint density at radius 2 is 1.90 bits per heavy atom. The number of para-hydroxylation sites is 2. The first-order valence-corrected chi connectivity index (χ1v) is 7.47. The van der Waals surface area contributed by atoms with E-state index in [1.54, 1.807) is 0 Å². The fraction of sp³-hybridized carbons (Fsp3) is 0.333. The highest BCUT2D eigenvalue weighted by Crippen LogP contribution is 2.39. The number of nitrogens with zero attached hydrogens (tertiary/aromatic N) is 1. The molecule has 0 radical (unpaired) electrons. The van der Waals surface area contributed by atoms with Crippen molar-refractivity contribution in [2.75, 3.05) is 18.1 Å². The van der Waals surface area contributed by atoms with Crippen LogP contribution in [0.1, 0.15) is 25.3 Å². The zero-order valence-corrected chi connectivity index (χ0v) is 12.0. The Hall–Kier alpha value is -1.96. The maximum atomic E-state index is 5.85. The zero-order valence-electron chi connectivity index (χ0n) is 12.0. The highest BCUT2D eigenvalue weighted by atomic mass is 16.5. The third-order valence-electron chi connectivity index (χ3n) is 3.79. The van der Waals surface area contributed by atoms with E-state index in [-0.39, 0.29) is 0 Å². The van der Waals surface area contributed by atoms with Gasteiger partial charge in [0.25, 0.3) is 0 Å². The molecule has 0 saturated heterocycles. The second-order valence-corrected chi connectivity index (χ2v) is 5.20. The summed E-state index contributed by atoms with van der Waals surface area (Å²) in [6.45, 7) is 3.90. The van der Waals surface area contributed by atoms with Gasteiger partial charge in [-0.05, 0) is 36.6 Å². The Labute approximate surface area is 121 Å². The lowest BCUT2D eigenvalue weighted by atomic mass is 10.0. The second-order valence-electron chi connectivity index (χ2n) is 5.20. The van der Waals surface area contributed by atoms with E-state index >= 15 is 0 Å². The first-order chi connectivity index (χ1) is 9.90. The van der Waals surface area contributed by atoms with E-state index in [1.807, 2.05) is 0 Å². The summed E-state index contributed by atoms with van der Waals surface area (Å²) in [5.74, 6) is 1.02. The molecular weight excluding hydrogens is 246 g/mol. The zero-order chi connectivity index (χ0) is 13.8. The van der Waals surface area contributed by atoms with Crippen LogP contribution in [-0.4, -0.2) is 13.2 Å². The van der Waals surface area contributed by atoms with Crippen molar-refractivity contribution >= 4 is 11.4 Å². The average Bonchev–Trinajstić information content (AvgIpc) is 2.53. The Morgan fingerprint density at radius 3 is 2.70 bits per heavy atom. The number of hydrogen-bond acceptors (Lipinski definition) is 2. The average molecular weight is 267 g/mol. The van der Waals surface area contributed by atoms with Crippen LogP contribution >= 0.6 is 0 Å². The highest BCUT2D eigenvalue weighted by Gasteiger charge is 2.22. The van der Waals surface area contributed by atoms with Crippen LogP contribution in [0.5, 0.6) is 5.75 Å². The number of anilines is 2. The summed E-state index contributed by atoms with van der Waals surface area (Å²) in [4.78, 5) is 2.39. The molecule has 0 saturated carbocycles. The van der Waals surface area contributed by atoms with E-state index in [2.05, 4.69) is 60.4 Å². The second kappa shape index (κ2) is 6.00. The van der Waals surface area contributed by atoms with Crippen LogP contribution in [0, 0.1) is 0 Å². The number of hydrogen-bond donors (Lipinski definition) is 0. The van der Waals surface area contributed by atoms with Crippen LogP contribution in [0.25, 0.3) is 0 Å². The van der Waals surface area contributed by atoms with Gasteiger partial charge in [0.05, 0.1) is 12.2 Å². The highest BCUT2D eigenvalue weighted by molar-refractivity contribution is 5.73. The van der Waals surface area contributed by atoms with Crippen LogP contribution < -0.4 is 9.64 Å². The van der Waals surface area contributed by atoms with E-state index in [9.17, 15) is 0 Å². The Balaban J connectivity index is 2.02. The summed E-state index contributed by atoms with van der Waals surface area (Å²) < 4.78 is 5.85. The summed E-state index contributed by atoms with van der Waals surface area (Å²) in [7, 11) is 0. The van der Waals surface area contributed by atoms with Gasteiger partial charge in [0.2, 0.25) is 0 Å². The summed E-state index contributed by atoms with van der Waals surface area (Å²) in [6, 6.07) is 17.0. The summed E-state index contributed by atoms with van der Waals surface area (Å²) in [6.07, 6.45) is 3.56. The molecule has 1 aliphatic heterocycles. The van der Waals surface area contributed by atoms with E-state index < -0.39 is 0 Å². The summed E-state index contributed by atoms with van der Waals surface area (Å²) in [5.41, 5.74) is 3.91. The number of ether oxygens (including phenoxy) is 1. The molecule has 2 nitrogen and oxygen atoms in total. The Bertz CT molecular complexity index is 565. The number of aryl methyl sites for hydroxylation is 1. The molecule has 0 spiro atoms. The fourth-order valence-electron chi connectivity index (χ4n) is 2.78. The van der Waals surface area contributed by atoms with Gasteiger partial charge in [0, 0.05) is 5.69 Å². The Kier molecular flexibility index (Phi) is 3.91. The third kappa shape index (κ3) is 2.51. The first-order valence-electron chi connectivity index (χ1n) is 7.47. The molecule has 3 rings (SSSR count). The minimum atomic E-state index is 0.749.